The Morgan fingerprint density at radius 2 is 2.33 bits per heavy atom. The first kappa shape index (κ1) is 12.3. The smallest absolute Gasteiger partial charge is 0.269 e. The van der Waals surface area contributed by atoms with Crippen molar-refractivity contribution in [3.8, 4) is 5.69 Å². The average molecular weight is 245 g/mol. The molecule has 0 atom stereocenters. The zero-order chi connectivity index (χ0) is 12.8. The molecule has 2 rings (SSSR count). The molecular weight excluding hydrogens is 230 g/mol. The maximum absolute atomic E-state index is 11.8. The van der Waals surface area contributed by atoms with Crippen LogP contribution in [0.5, 0.6) is 0 Å². The summed E-state index contributed by atoms with van der Waals surface area (Å²) in [5.74, 6) is -0.197. The number of carbonyl (C=O) groups is 1. The SMILES string of the molecule is NCCCNC(=O)c1cc(-n2cccn2)ccn1. The van der Waals surface area contributed by atoms with E-state index in [2.05, 4.69) is 15.4 Å². The van der Waals surface area contributed by atoms with E-state index in [1.54, 1.807) is 29.2 Å². The molecule has 0 bridgehead atoms. The van der Waals surface area contributed by atoms with Crippen LogP contribution in [0, 0.1) is 0 Å². The van der Waals surface area contributed by atoms with Gasteiger partial charge >= 0.3 is 0 Å². The highest BCUT2D eigenvalue weighted by Crippen LogP contribution is 2.06. The van der Waals surface area contributed by atoms with Gasteiger partial charge in [-0.2, -0.15) is 5.10 Å². The normalized spacial score (nSPS) is 10.3. The minimum Gasteiger partial charge on any atom is -0.351 e. The van der Waals surface area contributed by atoms with E-state index in [1.165, 1.54) is 0 Å². The largest absolute Gasteiger partial charge is 0.351 e. The maximum Gasteiger partial charge on any atom is 0.269 e. The van der Waals surface area contributed by atoms with E-state index in [-0.39, 0.29) is 5.91 Å². The van der Waals surface area contributed by atoms with Crippen molar-refractivity contribution in [1.82, 2.24) is 20.1 Å². The van der Waals surface area contributed by atoms with E-state index in [9.17, 15) is 4.79 Å². The molecule has 0 aliphatic rings. The number of hydrogen-bond donors (Lipinski definition) is 2. The molecule has 3 N–H and O–H groups in total. The van der Waals surface area contributed by atoms with Crippen molar-refractivity contribution in [2.75, 3.05) is 13.1 Å². The number of pyridine rings is 1. The van der Waals surface area contributed by atoms with Gasteiger partial charge in [-0.1, -0.05) is 0 Å². The van der Waals surface area contributed by atoms with Gasteiger partial charge in [0.05, 0.1) is 5.69 Å². The Hall–Kier alpha value is -2.21. The number of aromatic nitrogens is 3. The van der Waals surface area contributed by atoms with Crippen LogP contribution in [0.4, 0.5) is 0 Å². The molecule has 18 heavy (non-hydrogen) atoms. The third-order valence-corrected chi connectivity index (χ3v) is 2.41. The maximum atomic E-state index is 11.8. The van der Waals surface area contributed by atoms with Crippen molar-refractivity contribution < 1.29 is 4.79 Å². The van der Waals surface area contributed by atoms with Crippen molar-refractivity contribution in [3.05, 3.63) is 42.5 Å². The first-order valence-corrected chi connectivity index (χ1v) is 5.75. The highest BCUT2D eigenvalue weighted by Gasteiger charge is 2.07. The fraction of sp³-hybridized carbons (Fsp3) is 0.250. The van der Waals surface area contributed by atoms with E-state index in [0.717, 1.165) is 12.1 Å². The number of hydrogen-bond acceptors (Lipinski definition) is 4. The van der Waals surface area contributed by atoms with E-state index in [1.807, 2.05) is 12.3 Å². The number of nitrogens with zero attached hydrogens (tertiary/aromatic N) is 3. The van der Waals surface area contributed by atoms with Crippen LogP contribution in [-0.4, -0.2) is 33.8 Å². The van der Waals surface area contributed by atoms with Gasteiger partial charge in [0, 0.05) is 25.1 Å². The molecule has 0 saturated heterocycles. The third kappa shape index (κ3) is 2.92. The van der Waals surface area contributed by atoms with Gasteiger partial charge in [0.2, 0.25) is 0 Å². The molecule has 0 aromatic carbocycles. The van der Waals surface area contributed by atoms with Gasteiger partial charge in [-0.3, -0.25) is 9.78 Å². The fourth-order valence-corrected chi connectivity index (χ4v) is 1.50. The Morgan fingerprint density at radius 1 is 1.44 bits per heavy atom. The topological polar surface area (TPSA) is 85.8 Å². The van der Waals surface area contributed by atoms with E-state index in [4.69, 9.17) is 5.73 Å². The van der Waals surface area contributed by atoms with E-state index in [0.29, 0.717) is 18.8 Å². The molecule has 0 aliphatic carbocycles. The molecule has 2 aromatic rings. The lowest BCUT2D eigenvalue weighted by Crippen LogP contribution is -2.26. The predicted molar refractivity (Wildman–Crippen MR) is 67.4 cm³/mol. The molecule has 2 aromatic heterocycles. The van der Waals surface area contributed by atoms with Crippen LogP contribution in [0.2, 0.25) is 0 Å². The third-order valence-electron chi connectivity index (χ3n) is 2.41. The summed E-state index contributed by atoms with van der Waals surface area (Å²) in [5, 5.41) is 6.86. The summed E-state index contributed by atoms with van der Waals surface area (Å²) in [5.41, 5.74) is 6.54. The van der Waals surface area contributed by atoms with Gasteiger partial charge in [0.1, 0.15) is 5.69 Å². The number of nitrogens with two attached hydrogens (primary N) is 1. The van der Waals surface area contributed by atoms with Gasteiger partial charge in [0.15, 0.2) is 0 Å². The van der Waals surface area contributed by atoms with Crippen LogP contribution in [0.3, 0.4) is 0 Å². The van der Waals surface area contributed by atoms with Crippen LogP contribution in [0.1, 0.15) is 16.9 Å². The summed E-state index contributed by atoms with van der Waals surface area (Å²) in [6.45, 7) is 1.12. The molecule has 0 saturated carbocycles. The van der Waals surface area contributed by atoms with Crippen LogP contribution < -0.4 is 11.1 Å². The Labute approximate surface area is 105 Å². The Balaban J connectivity index is 2.10. The number of nitrogens with one attached hydrogen (secondary N) is 1. The van der Waals surface area contributed by atoms with Gasteiger partial charge in [0.25, 0.3) is 5.91 Å². The molecule has 6 heteroatoms. The molecular formula is C12H15N5O. The lowest BCUT2D eigenvalue weighted by Gasteiger charge is -2.05. The van der Waals surface area contributed by atoms with Crippen molar-refractivity contribution in [1.29, 1.82) is 0 Å². The first-order valence-electron chi connectivity index (χ1n) is 5.75. The Morgan fingerprint density at radius 3 is 3.06 bits per heavy atom. The number of amides is 1. The highest BCUT2D eigenvalue weighted by atomic mass is 16.1. The van der Waals surface area contributed by atoms with Crippen LogP contribution in [0.25, 0.3) is 5.69 Å². The van der Waals surface area contributed by atoms with Crippen LogP contribution in [0.15, 0.2) is 36.8 Å². The molecule has 0 spiro atoms. The minimum atomic E-state index is -0.197. The summed E-state index contributed by atoms with van der Waals surface area (Å²) in [6.07, 6.45) is 5.84. The molecule has 2 heterocycles. The summed E-state index contributed by atoms with van der Waals surface area (Å²) >= 11 is 0. The van der Waals surface area contributed by atoms with Crippen molar-refractivity contribution in [2.45, 2.75) is 6.42 Å². The Kier molecular flexibility index (Phi) is 4.03. The summed E-state index contributed by atoms with van der Waals surface area (Å²) < 4.78 is 1.68. The minimum absolute atomic E-state index is 0.197. The molecule has 94 valence electrons. The lowest BCUT2D eigenvalue weighted by molar-refractivity contribution is 0.0948. The molecule has 0 unspecified atom stereocenters. The van der Waals surface area contributed by atoms with Gasteiger partial charge < -0.3 is 11.1 Å². The van der Waals surface area contributed by atoms with E-state index < -0.39 is 0 Å². The van der Waals surface area contributed by atoms with Crippen molar-refractivity contribution in [3.63, 3.8) is 0 Å². The second kappa shape index (κ2) is 5.92. The second-order valence-corrected chi connectivity index (χ2v) is 3.75. The van der Waals surface area contributed by atoms with Crippen LogP contribution in [-0.2, 0) is 0 Å². The first-order chi connectivity index (χ1) is 8.81. The fourth-order valence-electron chi connectivity index (χ4n) is 1.50. The molecule has 0 aliphatic heterocycles. The molecule has 6 nitrogen and oxygen atoms in total. The van der Waals surface area contributed by atoms with Crippen molar-refractivity contribution in [2.24, 2.45) is 5.73 Å². The highest BCUT2D eigenvalue weighted by molar-refractivity contribution is 5.92. The predicted octanol–water partition coefficient (Wildman–Crippen LogP) is 0.346. The molecule has 0 radical (unpaired) electrons. The van der Waals surface area contributed by atoms with E-state index >= 15 is 0 Å². The summed E-state index contributed by atoms with van der Waals surface area (Å²) in [6, 6.07) is 5.32. The standard InChI is InChI=1S/C12H15N5O/c13-4-1-5-15-12(18)11-9-10(3-7-14-11)17-8-2-6-16-17/h2-3,6-9H,1,4-5,13H2,(H,15,18). The average Bonchev–Trinajstić information content (AvgIpc) is 2.93. The zero-order valence-corrected chi connectivity index (χ0v) is 9.91. The molecule has 0 fully saturated rings. The van der Waals surface area contributed by atoms with Gasteiger partial charge in [-0.15, -0.1) is 0 Å². The monoisotopic (exact) mass is 245 g/mol. The second-order valence-electron chi connectivity index (χ2n) is 3.75. The lowest BCUT2D eigenvalue weighted by atomic mass is 10.3. The summed E-state index contributed by atoms with van der Waals surface area (Å²) in [7, 11) is 0. The van der Waals surface area contributed by atoms with Crippen LogP contribution >= 0.6 is 0 Å². The van der Waals surface area contributed by atoms with Crippen molar-refractivity contribution >= 4 is 5.91 Å². The number of rotatable bonds is 5. The van der Waals surface area contributed by atoms with Gasteiger partial charge in [-0.25, -0.2) is 4.68 Å². The number of carbonyl (C=O) groups excluding carboxylic acids is 1. The summed E-state index contributed by atoms with van der Waals surface area (Å²) in [4.78, 5) is 15.8. The van der Waals surface area contributed by atoms with Gasteiger partial charge in [-0.05, 0) is 31.2 Å². The quantitative estimate of drug-likeness (QED) is 0.744. The molecule has 1 amide bonds. The Bertz CT molecular complexity index is 509. The zero-order valence-electron chi connectivity index (χ0n) is 9.91.